The maximum absolute atomic E-state index is 11.6. The number of hydrogen-bond donors (Lipinski definition) is 2. The first-order chi connectivity index (χ1) is 8.47. The van der Waals surface area contributed by atoms with Gasteiger partial charge in [0.05, 0.1) is 0 Å². The highest BCUT2D eigenvalue weighted by molar-refractivity contribution is 7.90. The summed E-state index contributed by atoms with van der Waals surface area (Å²) in [5, 5.41) is 2.95. The number of benzene rings is 1. The lowest BCUT2D eigenvalue weighted by Crippen LogP contribution is -2.04. The Labute approximate surface area is 106 Å². The van der Waals surface area contributed by atoms with Crippen molar-refractivity contribution in [2.75, 3.05) is 17.3 Å². The second-order valence-electron chi connectivity index (χ2n) is 3.87. The number of nitrogens with one attached hydrogen (secondary N) is 1. The summed E-state index contributed by atoms with van der Waals surface area (Å²) in [4.78, 5) is 4.20. The molecule has 18 heavy (non-hydrogen) atoms. The van der Waals surface area contributed by atoms with Crippen molar-refractivity contribution < 1.29 is 8.42 Å². The maximum Gasteiger partial charge on any atom is 0.179 e. The molecule has 0 bridgehead atoms. The van der Waals surface area contributed by atoms with Gasteiger partial charge in [-0.15, -0.1) is 0 Å². The predicted molar refractivity (Wildman–Crippen MR) is 71.5 cm³/mol. The number of nitrogens with zero attached hydrogens (tertiary/aromatic N) is 1. The van der Waals surface area contributed by atoms with Crippen LogP contribution in [0, 0.1) is 0 Å². The molecule has 0 atom stereocenters. The largest absolute Gasteiger partial charge is 0.399 e. The molecule has 94 valence electrons. The monoisotopic (exact) mass is 263 g/mol. The molecule has 0 radical (unpaired) electrons. The minimum atomic E-state index is -3.32. The van der Waals surface area contributed by atoms with Crippen LogP contribution in [0.4, 0.5) is 17.2 Å². The summed E-state index contributed by atoms with van der Waals surface area (Å²) in [6, 6.07) is 10.1. The fraction of sp³-hybridized carbons (Fsp3) is 0.0833. The number of hydrogen-bond acceptors (Lipinski definition) is 5. The van der Waals surface area contributed by atoms with Crippen LogP contribution in [0.2, 0.25) is 0 Å². The van der Waals surface area contributed by atoms with E-state index >= 15 is 0 Å². The minimum absolute atomic E-state index is 0.160. The van der Waals surface area contributed by atoms with Gasteiger partial charge in [-0.25, -0.2) is 13.4 Å². The van der Waals surface area contributed by atoms with Crippen LogP contribution in [-0.4, -0.2) is 19.7 Å². The van der Waals surface area contributed by atoms with E-state index in [9.17, 15) is 8.42 Å². The molecule has 0 aliphatic carbocycles. The Balaban J connectivity index is 2.41. The zero-order valence-electron chi connectivity index (χ0n) is 9.79. The van der Waals surface area contributed by atoms with E-state index in [4.69, 9.17) is 5.73 Å². The van der Waals surface area contributed by atoms with Crippen molar-refractivity contribution in [3.8, 4) is 0 Å². The summed E-state index contributed by atoms with van der Waals surface area (Å²) in [5.74, 6) is 0.297. The van der Waals surface area contributed by atoms with E-state index in [0.717, 1.165) is 6.26 Å². The molecule has 0 unspecified atom stereocenters. The van der Waals surface area contributed by atoms with Crippen molar-refractivity contribution in [1.29, 1.82) is 0 Å². The first-order valence-corrected chi connectivity index (χ1v) is 7.13. The molecule has 0 saturated heterocycles. The number of nitrogens with two attached hydrogens (primary N) is 1. The lowest BCUT2D eigenvalue weighted by atomic mass is 10.3. The second-order valence-corrected chi connectivity index (χ2v) is 5.86. The van der Waals surface area contributed by atoms with Gasteiger partial charge in [0.1, 0.15) is 10.7 Å². The average Bonchev–Trinajstić information content (AvgIpc) is 2.28. The molecule has 6 heteroatoms. The Kier molecular flexibility index (Phi) is 3.20. The van der Waals surface area contributed by atoms with E-state index in [0.29, 0.717) is 17.2 Å². The van der Waals surface area contributed by atoms with Crippen molar-refractivity contribution in [3.63, 3.8) is 0 Å². The third-order valence-electron chi connectivity index (χ3n) is 2.32. The van der Waals surface area contributed by atoms with Crippen LogP contribution in [0.5, 0.6) is 0 Å². The van der Waals surface area contributed by atoms with E-state index in [-0.39, 0.29) is 4.90 Å². The molecule has 0 fully saturated rings. The quantitative estimate of drug-likeness (QED) is 0.825. The molecule has 0 aliphatic heterocycles. The Morgan fingerprint density at radius 1 is 1.22 bits per heavy atom. The average molecular weight is 263 g/mol. The Morgan fingerprint density at radius 2 is 2.00 bits per heavy atom. The molecule has 0 amide bonds. The number of aromatic nitrogens is 1. The van der Waals surface area contributed by atoms with Gasteiger partial charge in [0.2, 0.25) is 0 Å². The van der Waals surface area contributed by atoms with Gasteiger partial charge in [0, 0.05) is 23.8 Å². The number of nitrogen functional groups attached to an aromatic ring is 1. The normalized spacial score (nSPS) is 11.2. The number of anilines is 3. The molecule has 3 N–H and O–H groups in total. The zero-order chi connectivity index (χ0) is 13.2. The van der Waals surface area contributed by atoms with Gasteiger partial charge in [-0.1, -0.05) is 6.07 Å². The fourth-order valence-corrected chi connectivity index (χ4v) is 2.32. The van der Waals surface area contributed by atoms with Gasteiger partial charge in [-0.2, -0.15) is 0 Å². The number of sulfone groups is 1. The van der Waals surface area contributed by atoms with E-state index in [1.54, 1.807) is 30.3 Å². The second kappa shape index (κ2) is 4.66. The van der Waals surface area contributed by atoms with Crippen molar-refractivity contribution in [3.05, 3.63) is 42.6 Å². The van der Waals surface area contributed by atoms with Gasteiger partial charge in [0.15, 0.2) is 9.84 Å². The predicted octanol–water partition coefficient (Wildman–Crippen LogP) is 1.81. The Hall–Kier alpha value is -2.08. The minimum Gasteiger partial charge on any atom is -0.399 e. The molecule has 0 spiro atoms. The SMILES string of the molecule is CS(=O)(=O)c1cccnc1Nc1cccc(N)c1. The molecular weight excluding hydrogens is 250 g/mol. The van der Waals surface area contributed by atoms with E-state index in [1.807, 2.05) is 0 Å². The summed E-state index contributed by atoms with van der Waals surface area (Å²) < 4.78 is 23.2. The van der Waals surface area contributed by atoms with Crippen molar-refractivity contribution in [2.45, 2.75) is 4.90 Å². The molecule has 5 nitrogen and oxygen atoms in total. The molecular formula is C12H13N3O2S. The summed E-state index contributed by atoms with van der Waals surface area (Å²) in [6.45, 7) is 0. The van der Waals surface area contributed by atoms with Crippen LogP contribution in [-0.2, 0) is 9.84 Å². The van der Waals surface area contributed by atoms with E-state index in [2.05, 4.69) is 10.3 Å². The molecule has 2 rings (SSSR count). The number of rotatable bonds is 3. The van der Waals surface area contributed by atoms with E-state index < -0.39 is 9.84 Å². The summed E-state index contributed by atoms with van der Waals surface area (Å²) in [7, 11) is -3.32. The summed E-state index contributed by atoms with van der Waals surface area (Å²) >= 11 is 0. The molecule has 2 aromatic rings. The highest BCUT2D eigenvalue weighted by Crippen LogP contribution is 2.23. The Morgan fingerprint density at radius 3 is 2.67 bits per heavy atom. The van der Waals surface area contributed by atoms with Crippen molar-refractivity contribution >= 4 is 27.0 Å². The fourth-order valence-electron chi connectivity index (χ4n) is 1.54. The van der Waals surface area contributed by atoms with Crippen LogP contribution in [0.1, 0.15) is 0 Å². The molecule has 0 saturated carbocycles. The van der Waals surface area contributed by atoms with Crippen LogP contribution < -0.4 is 11.1 Å². The van der Waals surface area contributed by atoms with Gasteiger partial charge < -0.3 is 11.1 Å². The summed E-state index contributed by atoms with van der Waals surface area (Å²) in [6.07, 6.45) is 2.68. The topological polar surface area (TPSA) is 85.1 Å². The zero-order valence-corrected chi connectivity index (χ0v) is 10.6. The Bertz CT molecular complexity index is 669. The van der Waals surface area contributed by atoms with Crippen LogP contribution >= 0.6 is 0 Å². The molecule has 0 aliphatic rings. The highest BCUT2D eigenvalue weighted by Gasteiger charge is 2.13. The van der Waals surface area contributed by atoms with Gasteiger partial charge >= 0.3 is 0 Å². The van der Waals surface area contributed by atoms with Crippen LogP contribution in [0.15, 0.2) is 47.5 Å². The molecule has 1 heterocycles. The lowest BCUT2D eigenvalue weighted by molar-refractivity contribution is 0.602. The van der Waals surface area contributed by atoms with Gasteiger partial charge in [-0.3, -0.25) is 0 Å². The summed E-state index contributed by atoms with van der Waals surface area (Å²) in [5.41, 5.74) is 6.94. The van der Waals surface area contributed by atoms with Gasteiger partial charge in [0.25, 0.3) is 0 Å². The smallest absolute Gasteiger partial charge is 0.179 e. The van der Waals surface area contributed by atoms with E-state index in [1.165, 1.54) is 12.3 Å². The first-order valence-electron chi connectivity index (χ1n) is 5.24. The van der Waals surface area contributed by atoms with Crippen LogP contribution in [0.25, 0.3) is 0 Å². The molecule has 1 aromatic heterocycles. The third-order valence-corrected chi connectivity index (χ3v) is 3.45. The molecule has 1 aromatic carbocycles. The number of pyridine rings is 1. The third kappa shape index (κ3) is 2.78. The van der Waals surface area contributed by atoms with Crippen molar-refractivity contribution in [1.82, 2.24) is 4.98 Å². The highest BCUT2D eigenvalue weighted by atomic mass is 32.2. The van der Waals surface area contributed by atoms with Crippen LogP contribution in [0.3, 0.4) is 0 Å². The van der Waals surface area contributed by atoms with Gasteiger partial charge in [-0.05, 0) is 30.3 Å². The maximum atomic E-state index is 11.6. The van der Waals surface area contributed by atoms with Crippen molar-refractivity contribution in [2.24, 2.45) is 0 Å². The lowest BCUT2D eigenvalue weighted by Gasteiger charge is -2.09. The first kappa shape index (κ1) is 12.4. The standard InChI is InChI=1S/C12H13N3O2S/c1-18(16,17)11-6-3-7-14-12(11)15-10-5-2-4-9(13)8-10/h2-8H,13H2,1H3,(H,14,15).